The molecule has 272 valence electrons. The molecule has 6 aromatic carbocycles. The maximum atomic E-state index is 4.50. The van der Waals surface area contributed by atoms with Crippen molar-refractivity contribution in [3.63, 3.8) is 0 Å². The number of benzene rings is 6. The zero-order valence-corrected chi connectivity index (χ0v) is 31.2. The molecule has 0 N–H and O–H groups in total. The molecule has 0 aliphatic carbocycles. The molecular formula is C51H33N7. The van der Waals surface area contributed by atoms with Gasteiger partial charge in [0.25, 0.3) is 0 Å². The van der Waals surface area contributed by atoms with Gasteiger partial charge in [0.05, 0.1) is 33.1 Å². The molecule has 0 saturated heterocycles. The molecule has 6 aromatic heterocycles. The van der Waals surface area contributed by atoms with Gasteiger partial charge in [-0.1, -0.05) is 72.8 Å². The van der Waals surface area contributed by atoms with Gasteiger partial charge in [-0.2, -0.15) is 0 Å². The van der Waals surface area contributed by atoms with Crippen LogP contribution in [0, 0.1) is 0 Å². The van der Waals surface area contributed by atoms with Crippen molar-refractivity contribution in [1.29, 1.82) is 0 Å². The first-order chi connectivity index (χ1) is 28.8. The number of para-hydroxylation sites is 3. The van der Waals surface area contributed by atoms with E-state index in [2.05, 4.69) is 197 Å². The zero-order chi connectivity index (χ0) is 38.2. The largest absolute Gasteiger partial charge is 0.310 e. The molecule has 58 heavy (non-hydrogen) atoms. The van der Waals surface area contributed by atoms with Crippen molar-refractivity contribution in [1.82, 2.24) is 28.7 Å². The maximum absolute atomic E-state index is 4.50. The van der Waals surface area contributed by atoms with E-state index in [0.717, 1.165) is 83.4 Å². The number of fused-ring (bicyclic) bond motifs is 9. The number of hydrogen-bond acceptors (Lipinski definition) is 4. The third kappa shape index (κ3) is 4.83. The van der Waals surface area contributed by atoms with E-state index in [4.69, 9.17) is 0 Å². The standard InChI is InChI=1S/C51H33N7/c1-4-19-46-40(16-1)43-31-52-25-22-49(43)56(46)37-13-7-10-34(28-37)55(35-11-8-14-38(29-35)57-47-20-5-2-17-41(47)44-32-53-26-23-50(44)57)36-12-9-15-39(30-36)58-48-21-6-3-18-42(48)45-33-54-27-24-51(45)58/h1-33H. The molecule has 0 saturated carbocycles. The third-order valence-corrected chi connectivity index (χ3v) is 11.5. The Labute approximate surface area is 332 Å². The molecule has 12 aromatic rings. The monoisotopic (exact) mass is 743 g/mol. The van der Waals surface area contributed by atoms with Gasteiger partial charge in [0.2, 0.25) is 0 Å². The van der Waals surface area contributed by atoms with Crippen molar-refractivity contribution in [3.05, 3.63) is 201 Å². The van der Waals surface area contributed by atoms with E-state index in [-0.39, 0.29) is 0 Å². The summed E-state index contributed by atoms with van der Waals surface area (Å²) < 4.78 is 7.04. The lowest BCUT2D eigenvalue weighted by atomic mass is 10.1. The van der Waals surface area contributed by atoms with Crippen LogP contribution in [-0.4, -0.2) is 28.7 Å². The molecule has 0 radical (unpaired) electrons. The number of aromatic nitrogens is 6. The summed E-state index contributed by atoms with van der Waals surface area (Å²) >= 11 is 0. The highest BCUT2D eigenvalue weighted by molar-refractivity contribution is 6.11. The maximum Gasteiger partial charge on any atom is 0.0571 e. The van der Waals surface area contributed by atoms with Crippen LogP contribution in [0.5, 0.6) is 0 Å². The van der Waals surface area contributed by atoms with Crippen LogP contribution in [-0.2, 0) is 0 Å². The van der Waals surface area contributed by atoms with Crippen LogP contribution in [0.25, 0.3) is 82.5 Å². The Hall–Kier alpha value is -8.03. The third-order valence-electron chi connectivity index (χ3n) is 11.5. The fourth-order valence-electron chi connectivity index (χ4n) is 9.04. The summed E-state index contributed by atoms with van der Waals surface area (Å²) in [6, 6.07) is 58.6. The predicted molar refractivity (Wildman–Crippen MR) is 238 cm³/mol. The van der Waals surface area contributed by atoms with E-state index in [1.54, 1.807) is 0 Å². The fourth-order valence-corrected chi connectivity index (χ4v) is 9.04. The summed E-state index contributed by atoms with van der Waals surface area (Å²) in [7, 11) is 0. The van der Waals surface area contributed by atoms with Gasteiger partial charge < -0.3 is 18.6 Å². The van der Waals surface area contributed by atoms with E-state index in [1.165, 1.54) is 16.2 Å². The minimum Gasteiger partial charge on any atom is -0.310 e. The minimum absolute atomic E-state index is 1.03. The minimum atomic E-state index is 1.03. The highest BCUT2D eigenvalue weighted by Crippen LogP contribution is 2.41. The van der Waals surface area contributed by atoms with Crippen LogP contribution >= 0.6 is 0 Å². The van der Waals surface area contributed by atoms with Gasteiger partial charge in [-0.15, -0.1) is 0 Å². The zero-order valence-electron chi connectivity index (χ0n) is 31.2. The molecule has 0 aliphatic heterocycles. The van der Waals surface area contributed by atoms with E-state index >= 15 is 0 Å². The Morgan fingerprint density at radius 1 is 0.293 bits per heavy atom. The second-order valence-electron chi connectivity index (χ2n) is 14.6. The average Bonchev–Trinajstić information content (AvgIpc) is 3.93. The fraction of sp³-hybridized carbons (Fsp3) is 0. The Bertz CT molecular complexity index is 3020. The van der Waals surface area contributed by atoms with Crippen molar-refractivity contribution < 1.29 is 0 Å². The highest BCUT2D eigenvalue weighted by Gasteiger charge is 2.20. The summed E-state index contributed by atoms with van der Waals surface area (Å²) in [5.41, 5.74) is 13.1. The van der Waals surface area contributed by atoms with Crippen molar-refractivity contribution in [3.8, 4) is 17.1 Å². The molecule has 0 aliphatic rings. The molecule has 0 atom stereocenters. The quantitative estimate of drug-likeness (QED) is 0.170. The van der Waals surface area contributed by atoms with E-state index in [9.17, 15) is 0 Å². The van der Waals surface area contributed by atoms with Gasteiger partial charge in [-0.25, -0.2) is 0 Å². The van der Waals surface area contributed by atoms with Crippen LogP contribution in [0.1, 0.15) is 0 Å². The second kappa shape index (κ2) is 12.8. The smallest absolute Gasteiger partial charge is 0.0571 e. The van der Waals surface area contributed by atoms with Gasteiger partial charge in [-0.3, -0.25) is 15.0 Å². The van der Waals surface area contributed by atoms with Gasteiger partial charge >= 0.3 is 0 Å². The SMILES string of the molecule is c1cc(N(c2cccc(-n3c4ccccc4c4cnccc43)c2)c2cccc(-n3c4ccccc4c4cnccc43)c2)cc(-n2c3ccccc3c3cnccc32)c1. The van der Waals surface area contributed by atoms with Crippen LogP contribution in [0.15, 0.2) is 201 Å². The van der Waals surface area contributed by atoms with Gasteiger partial charge in [0.15, 0.2) is 0 Å². The molecule has 0 fully saturated rings. The summed E-state index contributed by atoms with van der Waals surface area (Å²) in [5, 5.41) is 6.92. The normalized spacial score (nSPS) is 11.8. The summed E-state index contributed by atoms with van der Waals surface area (Å²) in [6.45, 7) is 0. The number of hydrogen-bond donors (Lipinski definition) is 0. The van der Waals surface area contributed by atoms with Crippen molar-refractivity contribution in [2.24, 2.45) is 0 Å². The molecule has 6 heterocycles. The van der Waals surface area contributed by atoms with Crippen molar-refractivity contribution in [2.45, 2.75) is 0 Å². The Balaban J connectivity index is 1.10. The Morgan fingerprint density at radius 3 is 0.948 bits per heavy atom. The van der Waals surface area contributed by atoms with E-state index < -0.39 is 0 Å². The first-order valence-electron chi connectivity index (χ1n) is 19.4. The lowest BCUT2D eigenvalue weighted by molar-refractivity contribution is 1.15. The van der Waals surface area contributed by atoms with Gasteiger partial charge in [-0.05, 0) is 91.0 Å². The lowest BCUT2D eigenvalue weighted by Gasteiger charge is -2.27. The Kier molecular flexibility index (Phi) is 7.09. The first-order valence-corrected chi connectivity index (χ1v) is 19.4. The van der Waals surface area contributed by atoms with Crippen LogP contribution in [0.2, 0.25) is 0 Å². The van der Waals surface area contributed by atoms with E-state index in [1.807, 2.05) is 37.2 Å². The summed E-state index contributed by atoms with van der Waals surface area (Å²) in [5.74, 6) is 0. The van der Waals surface area contributed by atoms with Crippen LogP contribution < -0.4 is 4.90 Å². The average molecular weight is 744 g/mol. The molecule has 0 spiro atoms. The van der Waals surface area contributed by atoms with Crippen LogP contribution in [0.4, 0.5) is 17.1 Å². The number of rotatable bonds is 6. The lowest BCUT2D eigenvalue weighted by Crippen LogP contribution is -2.12. The van der Waals surface area contributed by atoms with Crippen molar-refractivity contribution >= 4 is 82.5 Å². The Morgan fingerprint density at radius 2 is 0.603 bits per heavy atom. The summed E-state index contributed by atoms with van der Waals surface area (Å²) in [4.78, 5) is 15.9. The predicted octanol–water partition coefficient (Wildman–Crippen LogP) is 12.6. The molecule has 0 amide bonds. The highest BCUT2D eigenvalue weighted by atomic mass is 15.2. The first kappa shape index (κ1) is 32.2. The van der Waals surface area contributed by atoms with Crippen LogP contribution in [0.3, 0.4) is 0 Å². The second-order valence-corrected chi connectivity index (χ2v) is 14.6. The molecule has 0 bridgehead atoms. The number of anilines is 3. The van der Waals surface area contributed by atoms with Gasteiger partial charge in [0.1, 0.15) is 0 Å². The molecule has 12 rings (SSSR count). The number of pyridine rings is 3. The molecule has 7 nitrogen and oxygen atoms in total. The van der Waals surface area contributed by atoms with Gasteiger partial charge in [0, 0.05) is 104 Å². The summed E-state index contributed by atoms with van der Waals surface area (Å²) in [6.07, 6.45) is 11.5. The molecular weight excluding hydrogens is 711 g/mol. The van der Waals surface area contributed by atoms with E-state index in [0.29, 0.717) is 0 Å². The molecule has 7 heteroatoms. The molecule has 0 unspecified atom stereocenters. The van der Waals surface area contributed by atoms with Crippen molar-refractivity contribution in [2.75, 3.05) is 4.90 Å². The number of nitrogens with zero attached hydrogens (tertiary/aromatic N) is 7. The topological polar surface area (TPSA) is 56.7 Å².